The van der Waals surface area contributed by atoms with E-state index in [9.17, 15) is 24.3 Å². The summed E-state index contributed by atoms with van der Waals surface area (Å²) in [5.74, 6) is -0.183. The van der Waals surface area contributed by atoms with Gasteiger partial charge in [-0.25, -0.2) is 4.79 Å². The molecule has 130 valence electrons. The topological polar surface area (TPSA) is 144 Å². The fraction of sp³-hybridized carbons (Fsp3) is 0.600. The number of aliphatic hydroxyl groups excluding tert-OH is 1. The predicted octanol–water partition coefficient (Wildman–Crippen LogP) is -1.54. The summed E-state index contributed by atoms with van der Waals surface area (Å²) >= 11 is 0. The van der Waals surface area contributed by atoms with E-state index in [0.717, 1.165) is 25.5 Å². The van der Waals surface area contributed by atoms with E-state index in [1.165, 1.54) is 6.42 Å². The van der Waals surface area contributed by atoms with Gasteiger partial charge in [-0.1, -0.05) is 6.42 Å². The highest BCUT2D eigenvalue weighted by Crippen LogP contribution is 2.44. The number of H-pyrrole nitrogens is 2. The number of carbonyl (C=O) groups is 2. The van der Waals surface area contributed by atoms with Crippen molar-refractivity contribution in [2.75, 3.05) is 6.61 Å². The van der Waals surface area contributed by atoms with Gasteiger partial charge in [0.15, 0.2) is 0 Å². The molecule has 2 amide bonds. The summed E-state index contributed by atoms with van der Waals surface area (Å²) in [4.78, 5) is 51.0. The zero-order valence-electron chi connectivity index (χ0n) is 13.0. The molecule has 2 aliphatic rings. The zero-order valence-corrected chi connectivity index (χ0v) is 13.0. The van der Waals surface area contributed by atoms with Crippen molar-refractivity contribution in [1.82, 2.24) is 20.6 Å². The molecule has 9 heteroatoms. The van der Waals surface area contributed by atoms with Gasteiger partial charge >= 0.3 is 5.69 Å². The number of aliphatic hydroxyl groups is 1. The molecule has 0 saturated heterocycles. The standard InChI is InChI=1S/C15H20N4O5/c20-6-11(14(23)17-10-4-7-1-2-8(10)3-7)18-12(21)9-5-16-15(24)19-13(9)22/h5,7-8,10-11,20H,1-4,6H2,(H,17,23)(H,18,21)(H2,16,19,22,24)/t7?,8?,10?,11-/m0/s1. The maximum absolute atomic E-state index is 12.3. The Morgan fingerprint density at radius 3 is 2.67 bits per heavy atom. The van der Waals surface area contributed by atoms with Crippen molar-refractivity contribution in [3.63, 3.8) is 0 Å². The van der Waals surface area contributed by atoms with E-state index in [2.05, 4.69) is 15.6 Å². The predicted molar refractivity (Wildman–Crippen MR) is 83.4 cm³/mol. The number of rotatable bonds is 5. The van der Waals surface area contributed by atoms with Gasteiger partial charge in [-0.3, -0.25) is 19.4 Å². The Hall–Kier alpha value is -2.42. The second kappa shape index (κ2) is 6.60. The van der Waals surface area contributed by atoms with Gasteiger partial charge in [-0.2, -0.15) is 0 Å². The number of amides is 2. The molecule has 3 rings (SSSR count). The summed E-state index contributed by atoms with van der Waals surface area (Å²) < 4.78 is 0. The normalized spacial score (nSPS) is 26.1. The van der Waals surface area contributed by atoms with Crippen molar-refractivity contribution in [2.45, 2.75) is 37.8 Å². The molecular formula is C15H20N4O5. The van der Waals surface area contributed by atoms with Crippen LogP contribution >= 0.6 is 0 Å². The third kappa shape index (κ3) is 3.25. The van der Waals surface area contributed by atoms with Gasteiger partial charge in [0.25, 0.3) is 11.5 Å². The fourth-order valence-electron chi connectivity index (χ4n) is 3.71. The Bertz CT molecular complexity index is 755. The summed E-state index contributed by atoms with van der Waals surface area (Å²) in [6, 6.07) is -1.07. The van der Waals surface area contributed by atoms with Gasteiger partial charge in [0.05, 0.1) is 6.61 Å². The molecule has 1 aromatic heterocycles. The van der Waals surface area contributed by atoms with Crippen LogP contribution in [0.3, 0.4) is 0 Å². The molecule has 1 aromatic rings. The molecule has 2 bridgehead atoms. The number of hydrogen-bond donors (Lipinski definition) is 5. The van der Waals surface area contributed by atoms with Crippen LogP contribution < -0.4 is 21.9 Å². The second-order valence-electron chi connectivity index (χ2n) is 6.48. The summed E-state index contributed by atoms with van der Waals surface area (Å²) in [5.41, 5.74) is -1.92. The summed E-state index contributed by atoms with van der Waals surface area (Å²) in [6.45, 7) is -0.584. The van der Waals surface area contributed by atoms with Gasteiger partial charge < -0.3 is 20.7 Å². The van der Waals surface area contributed by atoms with Crippen LogP contribution in [0.25, 0.3) is 0 Å². The minimum atomic E-state index is -1.15. The van der Waals surface area contributed by atoms with Gasteiger partial charge in [0, 0.05) is 12.2 Å². The highest BCUT2D eigenvalue weighted by molar-refractivity contribution is 5.97. The lowest BCUT2D eigenvalue weighted by Crippen LogP contribution is -2.53. The first-order chi connectivity index (χ1) is 11.5. The molecule has 0 spiro atoms. The van der Waals surface area contributed by atoms with Crippen molar-refractivity contribution in [3.05, 3.63) is 32.6 Å². The molecule has 24 heavy (non-hydrogen) atoms. The van der Waals surface area contributed by atoms with E-state index < -0.39 is 35.7 Å². The average Bonchev–Trinajstić information content (AvgIpc) is 3.14. The van der Waals surface area contributed by atoms with Crippen molar-refractivity contribution in [3.8, 4) is 0 Å². The van der Waals surface area contributed by atoms with E-state index in [-0.39, 0.29) is 11.6 Å². The Labute approximate surface area is 136 Å². The molecule has 2 saturated carbocycles. The van der Waals surface area contributed by atoms with Crippen molar-refractivity contribution >= 4 is 11.8 Å². The lowest BCUT2D eigenvalue weighted by atomic mass is 9.95. The molecule has 4 atom stereocenters. The molecule has 0 radical (unpaired) electrons. The fourth-order valence-corrected chi connectivity index (χ4v) is 3.71. The number of aromatic amines is 2. The maximum Gasteiger partial charge on any atom is 0.325 e. The maximum atomic E-state index is 12.3. The number of aromatic nitrogens is 2. The van der Waals surface area contributed by atoms with Crippen LogP contribution in [0.1, 0.15) is 36.0 Å². The SMILES string of the molecule is O=C(N[C@@H](CO)C(=O)NC1CC2CCC1C2)c1c[nH]c(=O)[nH]c1=O. The van der Waals surface area contributed by atoms with Crippen LogP contribution in [0.5, 0.6) is 0 Å². The highest BCUT2D eigenvalue weighted by Gasteiger charge is 2.40. The second-order valence-corrected chi connectivity index (χ2v) is 6.48. The van der Waals surface area contributed by atoms with Crippen LogP contribution in [-0.2, 0) is 4.79 Å². The van der Waals surface area contributed by atoms with Crippen LogP contribution in [0.15, 0.2) is 15.8 Å². The Balaban J connectivity index is 1.63. The third-order valence-electron chi connectivity index (χ3n) is 4.93. The van der Waals surface area contributed by atoms with Crippen LogP contribution in [0, 0.1) is 11.8 Å². The number of fused-ring (bicyclic) bond motifs is 2. The Morgan fingerprint density at radius 2 is 2.08 bits per heavy atom. The average molecular weight is 336 g/mol. The largest absolute Gasteiger partial charge is 0.394 e. The number of hydrogen-bond acceptors (Lipinski definition) is 5. The van der Waals surface area contributed by atoms with E-state index in [1.54, 1.807) is 0 Å². The molecular weight excluding hydrogens is 316 g/mol. The van der Waals surface area contributed by atoms with Gasteiger partial charge in [0.1, 0.15) is 11.6 Å². The molecule has 0 aliphatic heterocycles. The van der Waals surface area contributed by atoms with Crippen LogP contribution in [-0.4, -0.2) is 45.6 Å². The van der Waals surface area contributed by atoms with Crippen LogP contribution in [0.4, 0.5) is 0 Å². The lowest BCUT2D eigenvalue weighted by molar-refractivity contribution is -0.124. The molecule has 2 fully saturated rings. The molecule has 1 heterocycles. The monoisotopic (exact) mass is 336 g/mol. The summed E-state index contributed by atoms with van der Waals surface area (Å²) in [5, 5.41) is 14.6. The minimum absolute atomic E-state index is 0.0821. The zero-order chi connectivity index (χ0) is 17.3. The van der Waals surface area contributed by atoms with E-state index >= 15 is 0 Å². The van der Waals surface area contributed by atoms with E-state index in [4.69, 9.17) is 0 Å². The van der Waals surface area contributed by atoms with E-state index in [0.29, 0.717) is 11.8 Å². The first-order valence-corrected chi connectivity index (χ1v) is 8.02. The Morgan fingerprint density at radius 1 is 1.29 bits per heavy atom. The van der Waals surface area contributed by atoms with Crippen molar-refractivity contribution < 1.29 is 14.7 Å². The number of nitrogens with one attached hydrogen (secondary N) is 4. The molecule has 0 aromatic carbocycles. The van der Waals surface area contributed by atoms with Gasteiger partial charge in [-0.15, -0.1) is 0 Å². The summed E-state index contributed by atoms with van der Waals surface area (Å²) in [7, 11) is 0. The van der Waals surface area contributed by atoms with Crippen molar-refractivity contribution in [2.24, 2.45) is 11.8 Å². The quantitative estimate of drug-likeness (QED) is 0.442. The van der Waals surface area contributed by atoms with Crippen molar-refractivity contribution in [1.29, 1.82) is 0 Å². The molecule has 2 aliphatic carbocycles. The number of carbonyl (C=O) groups excluding carboxylic acids is 2. The highest BCUT2D eigenvalue weighted by atomic mass is 16.3. The molecule has 9 nitrogen and oxygen atoms in total. The smallest absolute Gasteiger partial charge is 0.325 e. The van der Waals surface area contributed by atoms with Gasteiger partial charge in [0.2, 0.25) is 5.91 Å². The van der Waals surface area contributed by atoms with Gasteiger partial charge in [-0.05, 0) is 31.1 Å². The molecule has 5 N–H and O–H groups in total. The lowest BCUT2D eigenvalue weighted by Gasteiger charge is -2.25. The Kier molecular flexibility index (Phi) is 4.52. The minimum Gasteiger partial charge on any atom is -0.394 e. The third-order valence-corrected chi connectivity index (χ3v) is 4.93. The summed E-state index contributed by atoms with van der Waals surface area (Å²) in [6.07, 6.45) is 5.32. The molecule has 3 unspecified atom stereocenters. The van der Waals surface area contributed by atoms with Crippen LogP contribution in [0.2, 0.25) is 0 Å². The first-order valence-electron chi connectivity index (χ1n) is 8.02. The van der Waals surface area contributed by atoms with E-state index in [1.807, 2.05) is 4.98 Å². The first kappa shape index (κ1) is 16.4.